The number of rotatable bonds is 3. The number of fused-ring (bicyclic) bond motifs is 1. The molecule has 0 amide bonds. The lowest BCUT2D eigenvalue weighted by molar-refractivity contribution is -0.144. The fourth-order valence-corrected chi connectivity index (χ4v) is 2.35. The van der Waals surface area contributed by atoms with Gasteiger partial charge in [-0.3, -0.25) is 4.79 Å². The molecule has 18 heavy (non-hydrogen) atoms. The van der Waals surface area contributed by atoms with Gasteiger partial charge in [0, 0.05) is 0 Å². The molecule has 2 rings (SSSR count). The maximum Gasteiger partial charge on any atom is 0.314 e. The second-order valence-corrected chi connectivity index (χ2v) is 5.19. The summed E-state index contributed by atoms with van der Waals surface area (Å²) in [4.78, 5) is 11.7. The van der Waals surface area contributed by atoms with Gasteiger partial charge < -0.3 is 5.11 Å². The first-order valence-electron chi connectivity index (χ1n) is 6.19. The molecule has 2 aromatic carbocycles. The van der Waals surface area contributed by atoms with Crippen LogP contribution in [-0.2, 0) is 10.2 Å². The minimum absolute atomic E-state index is 0.0285. The van der Waals surface area contributed by atoms with E-state index in [1.807, 2.05) is 63.2 Å². The third-order valence-corrected chi connectivity index (χ3v) is 3.95. The minimum Gasteiger partial charge on any atom is -0.481 e. The van der Waals surface area contributed by atoms with Crippen LogP contribution >= 0.6 is 0 Å². The molecule has 1 unspecified atom stereocenters. The quantitative estimate of drug-likeness (QED) is 0.888. The second kappa shape index (κ2) is 4.45. The summed E-state index contributed by atoms with van der Waals surface area (Å²) in [5.41, 5.74) is 0.0315. The van der Waals surface area contributed by atoms with E-state index in [0.29, 0.717) is 0 Å². The highest BCUT2D eigenvalue weighted by atomic mass is 16.4. The third kappa shape index (κ3) is 1.78. The molecular formula is C16H18O2. The molecule has 0 spiro atoms. The molecule has 0 saturated heterocycles. The van der Waals surface area contributed by atoms with E-state index >= 15 is 0 Å². The molecule has 2 nitrogen and oxygen atoms in total. The Morgan fingerprint density at radius 1 is 1.11 bits per heavy atom. The summed E-state index contributed by atoms with van der Waals surface area (Å²) in [7, 11) is 0. The van der Waals surface area contributed by atoms with Crippen LogP contribution in [0, 0.1) is 5.92 Å². The van der Waals surface area contributed by atoms with Crippen molar-refractivity contribution in [1.29, 1.82) is 0 Å². The predicted molar refractivity (Wildman–Crippen MR) is 73.8 cm³/mol. The normalized spacial score (nSPS) is 14.7. The van der Waals surface area contributed by atoms with Crippen molar-refractivity contribution < 1.29 is 9.90 Å². The average molecular weight is 242 g/mol. The van der Waals surface area contributed by atoms with E-state index in [1.165, 1.54) is 0 Å². The molecular weight excluding hydrogens is 224 g/mol. The highest BCUT2D eigenvalue weighted by Crippen LogP contribution is 2.36. The summed E-state index contributed by atoms with van der Waals surface area (Å²) in [6.07, 6.45) is 0. The van der Waals surface area contributed by atoms with E-state index in [9.17, 15) is 9.90 Å². The standard InChI is InChI=1S/C16H18O2/c1-11(2)16(3,15(17)18)14-10-6-8-12-7-4-5-9-13(12)14/h4-11H,1-3H3,(H,17,18). The second-order valence-electron chi connectivity index (χ2n) is 5.19. The third-order valence-electron chi connectivity index (χ3n) is 3.95. The van der Waals surface area contributed by atoms with Crippen LogP contribution in [0.15, 0.2) is 42.5 Å². The van der Waals surface area contributed by atoms with Crippen LogP contribution in [-0.4, -0.2) is 11.1 Å². The number of carboxylic acids is 1. The van der Waals surface area contributed by atoms with E-state index in [2.05, 4.69) is 0 Å². The Labute approximate surface area is 107 Å². The Hall–Kier alpha value is -1.83. The zero-order valence-corrected chi connectivity index (χ0v) is 11.0. The Morgan fingerprint density at radius 2 is 1.72 bits per heavy atom. The smallest absolute Gasteiger partial charge is 0.314 e. The maximum atomic E-state index is 11.7. The lowest BCUT2D eigenvalue weighted by atomic mass is 9.72. The van der Waals surface area contributed by atoms with Crippen molar-refractivity contribution in [2.75, 3.05) is 0 Å². The molecule has 0 bridgehead atoms. The molecule has 94 valence electrons. The van der Waals surface area contributed by atoms with Crippen LogP contribution in [0.25, 0.3) is 10.8 Å². The van der Waals surface area contributed by atoms with E-state index in [1.54, 1.807) is 0 Å². The summed E-state index contributed by atoms with van der Waals surface area (Å²) >= 11 is 0. The Bertz CT molecular complexity index is 581. The molecule has 1 atom stereocenters. The molecule has 0 aliphatic heterocycles. The van der Waals surface area contributed by atoms with Crippen LogP contribution < -0.4 is 0 Å². The van der Waals surface area contributed by atoms with Crippen molar-refractivity contribution in [2.24, 2.45) is 5.92 Å². The molecule has 0 aliphatic carbocycles. The summed E-state index contributed by atoms with van der Waals surface area (Å²) in [6.45, 7) is 5.72. The first kappa shape index (κ1) is 12.6. The lowest BCUT2D eigenvalue weighted by Crippen LogP contribution is -2.37. The van der Waals surface area contributed by atoms with Gasteiger partial charge in [-0.25, -0.2) is 0 Å². The molecule has 0 aliphatic rings. The van der Waals surface area contributed by atoms with Gasteiger partial charge in [0.15, 0.2) is 0 Å². The van der Waals surface area contributed by atoms with Crippen molar-refractivity contribution in [2.45, 2.75) is 26.2 Å². The lowest BCUT2D eigenvalue weighted by Gasteiger charge is -2.30. The van der Waals surface area contributed by atoms with Crippen LogP contribution in [0.5, 0.6) is 0 Å². The maximum absolute atomic E-state index is 11.7. The van der Waals surface area contributed by atoms with Gasteiger partial charge >= 0.3 is 5.97 Å². The Morgan fingerprint density at radius 3 is 2.33 bits per heavy atom. The summed E-state index contributed by atoms with van der Waals surface area (Å²) in [6, 6.07) is 13.8. The van der Waals surface area contributed by atoms with Gasteiger partial charge in [0.25, 0.3) is 0 Å². The SMILES string of the molecule is CC(C)C(C)(C(=O)O)c1cccc2ccccc12. The largest absolute Gasteiger partial charge is 0.481 e. The van der Waals surface area contributed by atoms with Gasteiger partial charge in [-0.15, -0.1) is 0 Å². The predicted octanol–water partition coefficient (Wildman–Crippen LogP) is 3.84. The zero-order chi connectivity index (χ0) is 13.3. The highest BCUT2D eigenvalue weighted by molar-refractivity contribution is 5.93. The van der Waals surface area contributed by atoms with Crippen LogP contribution in [0.2, 0.25) is 0 Å². The number of hydrogen-bond donors (Lipinski definition) is 1. The van der Waals surface area contributed by atoms with Crippen LogP contribution in [0.1, 0.15) is 26.3 Å². The molecule has 2 heteroatoms. The molecule has 0 saturated carbocycles. The first-order valence-corrected chi connectivity index (χ1v) is 6.19. The van der Waals surface area contributed by atoms with Crippen LogP contribution in [0.3, 0.4) is 0 Å². The Kier molecular flexibility index (Phi) is 3.12. The van der Waals surface area contributed by atoms with E-state index in [0.717, 1.165) is 16.3 Å². The average Bonchev–Trinajstić information content (AvgIpc) is 2.36. The number of hydrogen-bond acceptors (Lipinski definition) is 1. The molecule has 0 radical (unpaired) electrons. The number of benzene rings is 2. The molecule has 0 aromatic heterocycles. The van der Waals surface area contributed by atoms with Gasteiger partial charge in [-0.05, 0) is 29.2 Å². The van der Waals surface area contributed by atoms with Gasteiger partial charge in [-0.2, -0.15) is 0 Å². The van der Waals surface area contributed by atoms with Gasteiger partial charge in [0.05, 0.1) is 5.41 Å². The van der Waals surface area contributed by atoms with Crippen molar-refractivity contribution in [3.05, 3.63) is 48.0 Å². The molecule has 0 fully saturated rings. The van der Waals surface area contributed by atoms with E-state index in [-0.39, 0.29) is 5.92 Å². The van der Waals surface area contributed by atoms with Gasteiger partial charge in [-0.1, -0.05) is 56.3 Å². The first-order chi connectivity index (χ1) is 8.48. The topological polar surface area (TPSA) is 37.3 Å². The van der Waals surface area contributed by atoms with Crippen molar-refractivity contribution >= 4 is 16.7 Å². The van der Waals surface area contributed by atoms with Gasteiger partial charge in [0.2, 0.25) is 0 Å². The van der Waals surface area contributed by atoms with Gasteiger partial charge in [0.1, 0.15) is 0 Å². The molecule has 0 heterocycles. The fourth-order valence-electron chi connectivity index (χ4n) is 2.35. The Balaban J connectivity index is 2.77. The zero-order valence-electron chi connectivity index (χ0n) is 11.0. The van der Waals surface area contributed by atoms with Crippen molar-refractivity contribution in [3.8, 4) is 0 Å². The van der Waals surface area contributed by atoms with Crippen molar-refractivity contribution in [1.82, 2.24) is 0 Å². The summed E-state index contributed by atoms with van der Waals surface area (Å²) < 4.78 is 0. The molecule has 2 aromatic rings. The van der Waals surface area contributed by atoms with Crippen LogP contribution in [0.4, 0.5) is 0 Å². The highest BCUT2D eigenvalue weighted by Gasteiger charge is 2.39. The van der Waals surface area contributed by atoms with Crippen molar-refractivity contribution in [3.63, 3.8) is 0 Å². The van der Waals surface area contributed by atoms with E-state index in [4.69, 9.17) is 0 Å². The monoisotopic (exact) mass is 242 g/mol. The molecule has 1 N–H and O–H groups in total. The number of aliphatic carboxylic acids is 1. The number of carbonyl (C=O) groups is 1. The summed E-state index contributed by atoms with van der Waals surface area (Å²) in [5.74, 6) is -0.741. The fraction of sp³-hybridized carbons (Fsp3) is 0.312. The number of carboxylic acid groups (broad SMARTS) is 1. The summed E-state index contributed by atoms with van der Waals surface area (Å²) in [5, 5.41) is 11.7. The van der Waals surface area contributed by atoms with E-state index < -0.39 is 11.4 Å². The minimum atomic E-state index is -0.860.